The van der Waals surface area contributed by atoms with Gasteiger partial charge in [-0.3, -0.25) is 4.79 Å². The molecule has 0 radical (unpaired) electrons. The van der Waals surface area contributed by atoms with E-state index >= 15 is 0 Å². The molecule has 0 atom stereocenters. The maximum absolute atomic E-state index is 12.0. The molecule has 0 spiro atoms. The van der Waals surface area contributed by atoms with Crippen molar-refractivity contribution in [2.75, 3.05) is 27.1 Å². The fraction of sp³-hybridized carbons (Fsp3) is 0.588. The minimum Gasteiger partial charge on any atom is -0.493 e. The third-order valence-electron chi connectivity index (χ3n) is 3.97. The van der Waals surface area contributed by atoms with Crippen molar-refractivity contribution >= 4 is 17.7 Å². The largest absolute Gasteiger partial charge is 0.493 e. The molecule has 23 heavy (non-hydrogen) atoms. The topological polar surface area (TPSA) is 56.8 Å². The lowest BCUT2D eigenvalue weighted by atomic mass is 10.2. The number of methoxy groups -OCH3 is 3. The van der Waals surface area contributed by atoms with Crippen LogP contribution in [-0.4, -0.2) is 38.2 Å². The van der Waals surface area contributed by atoms with Crippen LogP contribution in [0.2, 0.25) is 0 Å². The van der Waals surface area contributed by atoms with Crippen LogP contribution in [0.4, 0.5) is 0 Å². The van der Waals surface area contributed by atoms with E-state index in [4.69, 9.17) is 14.2 Å². The van der Waals surface area contributed by atoms with E-state index in [9.17, 15) is 4.79 Å². The second-order valence-corrected chi connectivity index (χ2v) is 6.82. The highest BCUT2D eigenvalue weighted by molar-refractivity contribution is 8.00. The number of rotatable bonds is 8. The molecule has 1 amide bonds. The number of ether oxygens (including phenoxy) is 3. The van der Waals surface area contributed by atoms with Crippen molar-refractivity contribution in [2.45, 2.75) is 37.5 Å². The number of carbonyl (C=O) groups is 1. The van der Waals surface area contributed by atoms with Crippen molar-refractivity contribution in [1.82, 2.24) is 5.32 Å². The first-order valence-electron chi connectivity index (χ1n) is 7.85. The van der Waals surface area contributed by atoms with E-state index < -0.39 is 0 Å². The van der Waals surface area contributed by atoms with E-state index in [2.05, 4.69) is 5.32 Å². The number of nitrogens with one attached hydrogen (secondary N) is 1. The fourth-order valence-corrected chi connectivity index (χ4v) is 3.89. The zero-order valence-electron chi connectivity index (χ0n) is 14.0. The molecule has 0 unspecified atom stereocenters. The summed E-state index contributed by atoms with van der Waals surface area (Å²) in [5, 5.41) is 3.61. The summed E-state index contributed by atoms with van der Waals surface area (Å²) in [4.78, 5) is 12.0. The van der Waals surface area contributed by atoms with Crippen LogP contribution in [0.3, 0.4) is 0 Å². The van der Waals surface area contributed by atoms with Gasteiger partial charge in [0.1, 0.15) is 0 Å². The minimum atomic E-state index is 0.0654. The van der Waals surface area contributed by atoms with Gasteiger partial charge in [0.15, 0.2) is 11.5 Å². The lowest BCUT2D eigenvalue weighted by Crippen LogP contribution is -2.25. The highest BCUT2D eigenvalue weighted by Gasteiger charge is 2.17. The Balaban J connectivity index is 1.90. The Kier molecular flexibility index (Phi) is 6.89. The molecule has 0 heterocycles. The smallest absolute Gasteiger partial charge is 0.230 e. The average molecular weight is 339 g/mol. The van der Waals surface area contributed by atoms with Gasteiger partial charge in [0.2, 0.25) is 11.7 Å². The molecule has 1 N–H and O–H groups in total. The molecule has 1 fully saturated rings. The zero-order valence-corrected chi connectivity index (χ0v) is 14.8. The molecule has 5 nitrogen and oxygen atoms in total. The Bertz CT molecular complexity index is 504. The number of hydrogen-bond acceptors (Lipinski definition) is 5. The summed E-state index contributed by atoms with van der Waals surface area (Å²) in [5.41, 5.74) is 0.915. The lowest BCUT2D eigenvalue weighted by Gasteiger charge is -2.14. The van der Waals surface area contributed by atoms with Crippen LogP contribution in [-0.2, 0) is 11.3 Å². The maximum Gasteiger partial charge on any atom is 0.230 e. The summed E-state index contributed by atoms with van der Waals surface area (Å²) < 4.78 is 15.9. The van der Waals surface area contributed by atoms with Gasteiger partial charge >= 0.3 is 0 Å². The van der Waals surface area contributed by atoms with Gasteiger partial charge in [0, 0.05) is 11.8 Å². The Morgan fingerprint density at radius 3 is 2.26 bits per heavy atom. The van der Waals surface area contributed by atoms with E-state index in [-0.39, 0.29) is 5.91 Å². The normalized spacial score (nSPS) is 14.6. The van der Waals surface area contributed by atoms with Crippen molar-refractivity contribution in [3.8, 4) is 17.2 Å². The quantitative estimate of drug-likeness (QED) is 0.789. The van der Waals surface area contributed by atoms with Crippen LogP contribution < -0.4 is 19.5 Å². The Morgan fingerprint density at radius 2 is 1.74 bits per heavy atom. The number of hydrogen-bond donors (Lipinski definition) is 1. The van der Waals surface area contributed by atoms with Gasteiger partial charge in [0.05, 0.1) is 27.1 Å². The maximum atomic E-state index is 12.0. The molecular weight excluding hydrogens is 314 g/mol. The number of benzene rings is 1. The molecule has 1 aromatic carbocycles. The highest BCUT2D eigenvalue weighted by Crippen LogP contribution is 2.38. The van der Waals surface area contributed by atoms with Gasteiger partial charge in [-0.05, 0) is 30.5 Å². The van der Waals surface area contributed by atoms with Gasteiger partial charge in [-0.25, -0.2) is 0 Å². The lowest BCUT2D eigenvalue weighted by molar-refractivity contribution is -0.118. The number of carbonyl (C=O) groups excluding carboxylic acids is 1. The van der Waals surface area contributed by atoms with Crippen molar-refractivity contribution in [3.63, 3.8) is 0 Å². The van der Waals surface area contributed by atoms with Crippen LogP contribution >= 0.6 is 11.8 Å². The van der Waals surface area contributed by atoms with Crippen molar-refractivity contribution in [3.05, 3.63) is 17.7 Å². The summed E-state index contributed by atoms with van der Waals surface area (Å²) in [7, 11) is 4.73. The summed E-state index contributed by atoms with van der Waals surface area (Å²) in [6.07, 6.45) is 5.07. The standard InChI is InChI=1S/C17H25NO4S/c1-20-14-8-12(9-15(21-2)17(14)22-3)10-18-16(19)11-23-13-6-4-5-7-13/h8-9,13H,4-7,10-11H2,1-3H3,(H,18,19). The monoisotopic (exact) mass is 339 g/mol. The summed E-state index contributed by atoms with van der Waals surface area (Å²) in [6, 6.07) is 3.71. The molecule has 1 saturated carbocycles. The van der Waals surface area contributed by atoms with Crippen LogP contribution in [0, 0.1) is 0 Å². The SMILES string of the molecule is COc1cc(CNC(=O)CSC2CCCC2)cc(OC)c1OC. The molecule has 1 aliphatic rings. The van der Waals surface area contributed by atoms with Crippen LogP contribution in [0.25, 0.3) is 0 Å². The summed E-state index contributed by atoms with van der Waals surface area (Å²) >= 11 is 1.77. The molecule has 0 aromatic heterocycles. The van der Waals surface area contributed by atoms with E-state index in [0.29, 0.717) is 34.8 Å². The molecule has 0 saturated heterocycles. The van der Waals surface area contributed by atoms with Crippen LogP contribution in [0.15, 0.2) is 12.1 Å². The molecular formula is C17H25NO4S. The Labute approximate surface area is 142 Å². The second kappa shape index (κ2) is 8.91. The summed E-state index contributed by atoms with van der Waals surface area (Å²) in [6.45, 7) is 0.445. The van der Waals surface area contributed by atoms with Crippen LogP contribution in [0.5, 0.6) is 17.2 Å². The van der Waals surface area contributed by atoms with E-state index in [1.54, 1.807) is 33.1 Å². The third-order valence-corrected chi connectivity index (χ3v) is 5.34. The molecule has 0 bridgehead atoms. The van der Waals surface area contributed by atoms with E-state index in [0.717, 1.165) is 5.56 Å². The van der Waals surface area contributed by atoms with Crippen molar-refractivity contribution in [1.29, 1.82) is 0 Å². The van der Waals surface area contributed by atoms with Gasteiger partial charge in [0.25, 0.3) is 0 Å². The van der Waals surface area contributed by atoms with Crippen molar-refractivity contribution < 1.29 is 19.0 Å². The molecule has 128 valence electrons. The van der Waals surface area contributed by atoms with Gasteiger partial charge in [-0.15, -0.1) is 11.8 Å². The molecule has 6 heteroatoms. The predicted molar refractivity (Wildman–Crippen MR) is 92.7 cm³/mol. The van der Waals surface area contributed by atoms with Gasteiger partial charge < -0.3 is 19.5 Å². The van der Waals surface area contributed by atoms with Crippen LogP contribution in [0.1, 0.15) is 31.2 Å². The average Bonchev–Trinajstić information content (AvgIpc) is 3.10. The summed E-state index contributed by atoms with van der Waals surface area (Å²) in [5.74, 6) is 2.33. The van der Waals surface area contributed by atoms with Crippen molar-refractivity contribution in [2.24, 2.45) is 0 Å². The third kappa shape index (κ3) is 4.96. The molecule has 0 aliphatic heterocycles. The molecule has 1 aliphatic carbocycles. The first-order valence-corrected chi connectivity index (χ1v) is 8.90. The van der Waals surface area contributed by atoms with Gasteiger partial charge in [-0.2, -0.15) is 0 Å². The number of thioether (sulfide) groups is 1. The van der Waals surface area contributed by atoms with Gasteiger partial charge in [-0.1, -0.05) is 12.8 Å². The fourth-order valence-electron chi connectivity index (χ4n) is 2.74. The minimum absolute atomic E-state index is 0.0654. The number of amides is 1. The van der Waals surface area contributed by atoms with E-state index in [1.807, 2.05) is 12.1 Å². The highest BCUT2D eigenvalue weighted by atomic mass is 32.2. The van der Waals surface area contributed by atoms with E-state index in [1.165, 1.54) is 25.7 Å². The molecule has 1 aromatic rings. The Morgan fingerprint density at radius 1 is 1.13 bits per heavy atom. The molecule has 2 rings (SSSR count). The Hall–Kier alpha value is -1.56. The zero-order chi connectivity index (χ0) is 16.7. The first-order chi connectivity index (χ1) is 11.2. The second-order valence-electron chi connectivity index (χ2n) is 5.53. The predicted octanol–water partition coefficient (Wildman–Crippen LogP) is 3.00. The first kappa shape index (κ1) is 17.8.